The SMILES string of the molecule is O=C(Nc1c(NC2CCCCC2)c2ccccc2oc1=O)c1ccc(Br)cc1. The lowest BCUT2D eigenvalue weighted by atomic mass is 9.95. The van der Waals surface area contributed by atoms with E-state index in [-0.39, 0.29) is 17.6 Å². The standard InChI is InChI=1S/C22H21BrN2O3/c23-15-12-10-14(11-13-15)21(26)25-20-19(24-16-6-2-1-3-7-16)17-8-4-5-9-18(17)28-22(20)27/h4-5,8-13,16,24H,1-3,6-7H2,(H,25,26). The van der Waals surface area contributed by atoms with Crippen LogP contribution in [0.5, 0.6) is 0 Å². The normalized spacial score (nSPS) is 14.8. The average molecular weight is 441 g/mol. The van der Waals surface area contributed by atoms with Crippen molar-refractivity contribution in [3.05, 3.63) is 69.0 Å². The third-order valence-corrected chi connectivity index (χ3v) is 5.64. The molecule has 5 nitrogen and oxygen atoms in total. The summed E-state index contributed by atoms with van der Waals surface area (Å²) in [6, 6.07) is 14.7. The minimum absolute atomic E-state index is 0.164. The highest BCUT2D eigenvalue weighted by Gasteiger charge is 2.21. The van der Waals surface area contributed by atoms with Crippen molar-refractivity contribution in [2.45, 2.75) is 38.1 Å². The minimum Gasteiger partial charge on any atom is -0.421 e. The molecule has 0 saturated heterocycles. The highest BCUT2D eigenvalue weighted by Crippen LogP contribution is 2.32. The Kier molecular flexibility index (Phi) is 5.48. The summed E-state index contributed by atoms with van der Waals surface area (Å²) in [5.74, 6) is -0.346. The maximum Gasteiger partial charge on any atom is 0.362 e. The molecule has 2 aromatic carbocycles. The van der Waals surface area contributed by atoms with E-state index < -0.39 is 5.63 Å². The Bertz CT molecular complexity index is 1050. The third kappa shape index (κ3) is 3.97. The zero-order valence-electron chi connectivity index (χ0n) is 15.3. The Hall–Kier alpha value is -2.60. The molecule has 1 aromatic heterocycles. The molecule has 4 rings (SSSR count). The zero-order valence-corrected chi connectivity index (χ0v) is 16.9. The second-order valence-electron chi connectivity index (χ2n) is 7.08. The maximum atomic E-state index is 12.7. The van der Waals surface area contributed by atoms with E-state index in [2.05, 4.69) is 26.6 Å². The first-order chi connectivity index (χ1) is 13.6. The number of hydrogen-bond donors (Lipinski definition) is 2. The van der Waals surface area contributed by atoms with Crippen molar-refractivity contribution in [2.24, 2.45) is 0 Å². The number of fused-ring (bicyclic) bond motifs is 1. The summed E-state index contributed by atoms with van der Waals surface area (Å²) < 4.78 is 6.34. The van der Waals surface area contributed by atoms with E-state index in [0.29, 0.717) is 16.8 Å². The Balaban J connectivity index is 1.74. The second-order valence-corrected chi connectivity index (χ2v) is 7.99. The second kappa shape index (κ2) is 8.19. The largest absolute Gasteiger partial charge is 0.421 e. The van der Waals surface area contributed by atoms with Crippen LogP contribution in [0.2, 0.25) is 0 Å². The van der Waals surface area contributed by atoms with Crippen molar-refractivity contribution in [1.82, 2.24) is 0 Å². The van der Waals surface area contributed by atoms with E-state index in [4.69, 9.17) is 4.42 Å². The molecular weight excluding hydrogens is 420 g/mol. The molecule has 0 spiro atoms. The molecular formula is C22H21BrN2O3. The number of para-hydroxylation sites is 1. The number of carbonyl (C=O) groups is 1. The van der Waals surface area contributed by atoms with E-state index in [1.165, 1.54) is 6.42 Å². The molecule has 1 aliphatic rings. The molecule has 2 N–H and O–H groups in total. The number of benzene rings is 2. The maximum absolute atomic E-state index is 12.7. The molecule has 1 aliphatic carbocycles. The smallest absolute Gasteiger partial charge is 0.362 e. The summed E-state index contributed by atoms with van der Waals surface area (Å²) in [7, 11) is 0. The zero-order chi connectivity index (χ0) is 19.5. The van der Waals surface area contributed by atoms with Crippen LogP contribution in [0.1, 0.15) is 42.5 Å². The van der Waals surface area contributed by atoms with Crippen LogP contribution in [0.3, 0.4) is 0 Å². The van der Waals surface area contributed by atoms with E-state index >= 15 is 0 Å². The van der Waals surface area contributed by atoms with Gasteiger partial charge in [0, 0.05) is 21.5 Å². The van der Waals surface area contributed by atoms with Crippen molar-refractivity contribution < 1.29 is 9.21 Å². The van der Waals surface area contributed by atoms with Crippen molar-refractivity contribution >= 4 is 44.2 Å². The Morgan fingerprint density at radius 3 is 2.43 bits per heavy atom. The fourth-order valence-electron chi connectivity index (χ4n) is 3.65. The lowest BCUT2D eigenvalue weighted by molar-refractivity contribution is 0.102. The molecule has 0 aliphatic heterocycles. The van der Waals surface area contributed by atoms with E-state index in [9.17, 15) is 9.59 Å². The molecule has 1 fully saturated rings. The van der Waals surface area contributed by atoms with Gasteiger partial charge in [0.15, 0.2) is 5.69 Å². The minimum atomic E-state index is -0.553. The molecule has 0 bridgehead atoms. The van der Waals surface area contributed by atoms with Gasteiger partial charge >= 0.3 is 5.63 Å². The van der Waals surface area contributed by atoms with Gasteiger partial charge in [0.25, 0.3) is 5.91 Å². The van der Waals surface area contributed by atoms with Crippen molar-refractivity contribution in [1.29, 1.82) is 0 Å². The molecule has 3 aromatic rings. The van der Waals surface area contributed by atoms with Crippen LogP contribution < -0.4 is 16.3 Å². The number of nitrogens with one attached hydrogen (secondary N) is 2. The summed E-state index contributed by atoms with van der Waals surface area (Å²) in [6.45, 7) is 0. The number of rotatable bonds is 4. The Morgan fingerprint density at radius 2 is 1.68 bits per heavy atom. The topological polar surface area (TPSA) is 71.3 Å². The fourth-order valence-corrected chi connectivity index (χ4v) is 3.92. The lowest BCUT2D eigenvalue weighted by Gasteiger charge is -2.25. The van der Waals surface area contributed by atoms with Crippen LogP contribution in [-0.2, 0) is 0 Å². The molecule has 0 atom stereocenters. The van der Waals surface area contributed by atoms with Crippen LogP contribution >= 0.6 is 15.9 Å². The number of hydrogen-bond acceptors (Lipinski definition) is 4. The number of carbonyl (C=O) groups excluding carboxylic acids is 1. The van der Waals surface area contributed by atoms with Crippen LogP contribution in [0.15, 0.2) is 62.2 Å². The van der Waals surface area contributed by atoms with Gasteiger partial charge in [0.05, 0.1) is 5.69 Å². The first-order valence-corrected chi connectivity index (χ1v) is 10.3. The fraction of sp³-hybridized carbons (Fsp3) is 0.273. The van der Waals surface area contributed by atoms with Crippen LogP contribution in [0.25, 0.3) is 11.0 Å². The number of anilines is 2. The van der Waals surface area contributed by atoms with Gasteiger partial charge in [-0.05, 0) is 49.2 Å². The summed E-state index contributed by atoms with van der Waals surface area (Å²) >= 11 is 3.36. The monoisotopic (exact) mass is 440 g/mol. The van der Waals surface area contributed by atoms with Crippen LogP contribution in [-0.4, -0.2) is 11.9 Å². The quantitative estimate of drug-likeness (QED) is 0.521. The number of amides is 1. The van der Waals surface area contributed by atoms with Crippen molar-refractivity contribution in [2.75, 3.05) is 10.6 Å². The first kappa shape index (κ1) is 18.7. The summed E-state index contributed by atoms with van der Waals surface area (Å²) in [5, 5.41) is 7.08. The Morgan fingerprint density at radius 1 is 0.964 bits per heavy atom. The van der Waals surface area contributed by atoms with Crippen LogP contribution in [0.4, 0.5) is 11.4 Å². The highest BCUT2D eigenvalue weighted by molar-refractivity contribution is 9.10. The van der Waals surface area contributed by atoms with Gasteiger partial charge < -0.3 is 15.1 Å². The average Bonchev–Trinajstić information content (AvgIpc) is 2.71. The van der Waals surface area contributed by atoms with E-state index in [1.807, 2.05) is 18.2 Å². The molecule has 1 saturated carbocycles. The first-order valence-electron chi connectivity index (χ1n) is 9.51. The van der Waals surface area contributed by atoms with E-state index in [1.54, 1.807) is 30.3 Å². The molecule has 28 heavy (non-hydrogen) atoms. The molecule has 1 amide bonds. The molecule has 6 heteroatoms. The summed E-state index contributed by atoms with van der Waals surface area (Å²) in [6.07, 6.45) is 5.67. The van der Waals surface area contributed by atoms with Gasteiger partial charge in [-0.2, -0.15) is 0 Å². The van der Waals surface area contributed by atoms with Gasteiger partial charge in [-0.15, -0.1) is 0 Å². The highest BCUT2D eigenvalue weighted by atomic mass is 79.9. The molecule has 0 unspecified atom stereocenters. The van der Waals surface area contributed by atoms with Gasteiger partial charge in [-0.3, -0.25) is 4.79 Å². The predicted molar refractivity (Wildman–Crippen MR) is 115 cm³/mol. The lowest BCUT2D eigenvalue weighted by Crippen LogP contribution is -2.26. The molecule has 0 radical (unpaired) electrons. The third-order valence-electron chi connectivity index (χ3n) is 5.11. The Labute approximate surface area is 171 Å². The van der Waals surface area contributed by atoms with Gasteiger partial charge in [-0.25, -0.2) is 4.79 Å². The molecule has 144 valence electrons. The summed E-state index contributed by atoms with van der Waals surface area (Å²) in [5.41, 5.74) is 1.23. The van der Waals surface area contributed by atoms with Gasteiger partial charge in [0.1, 0.15) is 5.58 Å². The van der Waals surface area contributed by atoms with Gasteiger partial charge in [0.2, 0.25) is 0 Å². The van der Waals surface area contributed by atoms with Crippen molar-refractivity contribution in [3.8, 4) is 0 Å². The predicted octanol–water partition coefficient (Wildman–Crippen LogP) is 5.55. The molecule has 1 heterocycles. The summed E-state index contributed by atoms with van der Waals surface area (Å²) in [4.78, 5) is 25.4. The van der Waals surface area contributed by atoms with Gasteiger partial charge in [-0.1, -0.05) is 47.3 Å². The van der Waals surface area contributed by atoms with Crippen LogP contribution in [0, 0.1) is 0 Å². The number of halogens is 1. The van der Waals surface area contributed by atoms with E-state index in [0.717, 1.165) is 35.5 Å². The van der Waals surface area contributed by atoms with Crippen molar-refractivity contribution in [3.63, 3.8) is 0 Å².